The molecule has 0 N–H and O–H groups in total. The first-order chi connectivity index (χ1) is 5.65. The van der Waals surface area contributed by atoms with Gasteiger partial charge in [-0.2, -0.15) is 10.2 Å². The van der Waals surface area contributed by atoms with E-state index in [9.17, 15) is 0 Å². The van der Waals surface area contributed by atoms with Gasteiger partial charge in [0.25, 0.3) is 0 Å². The van der Waals surface area contributed by atoms with Crippen LogP contribution in [0.25, 0.3) is 0 Å². The van der Waals surface area contributed by atoms with E-state index in [-0.39, 0.29) is 0 Å². The van der Waals surface area contributed by atoms with Crippen LogP contribution < -0.4 is 0 Å². The van der Waals surface area contributed by atoms with E-state index < -0.39 is 0 Å². The van der Waals surface area contributed by atoms with Gasteiger partial charge in [0, 0.05) is 0 Å². The summed E-state index contributed by atoms with van der Waals surface area (Å²) in [6.07, 6.45) is 0.969. The highest BCUT2D eigenvalue weighted by molar-refractivity contribution is 5.20. The average molecular weight is 164 g/mol. The fourth-order valence-electron chi connectivity index (χ4n) is 1.16. The SMILES string of the molecule is CCc1nnc(C(C)C)cc1C. The monoisotopic (exact) mass is 164 g/mol. The smallest absolute Gasteiger partial charge is 0.0659 e. The Balaban J connectivity index is 3.02. The van der Waals surface area contributed by atoms with E-state index in [1.54, 1.807) is 0 Å². The first kappa shape index (κ1) is 9.17. The highest BCUT2D eigenvalue weighted by atomic mass is 15.1. The van der Waals surface area contributed by atoms with E-state index >= 15 is 0 Å². The van der Waals surface area contributed by atoms with Crippen LogP contribution in [-0.2, 0) is 6.42 Å². The molecule has 0 spiro atoms. The number of aromatic nitrogens is 2. The van der Waals surface area contributed by atoms with Crippen molar-refractivity contribution < 1.29 is 0 Å². The minimum absolute atomic E-state index is 0.474. The molecule has 0 aliphatic heterocycles. The second-order valence-corrected chi connectivity index (χ2v) is 3.41. The molecule has 0 aliphatic carbocycles. The van der Waals surface area contributed by atoms with Crippen molar-refractivity contribution in [2.45, 2.75) is 40.0 Å². The molecule has 1 aromatic heterocycles. The Kier molecular flexibility index (Phi) is 2.79. The van der Waals surface area contributed by atoms with Gasteiger partial charge in [0.1, 0.15) is 0 Å². The molecule has 0 bridgehead atoms. The lowest BCUT2D eigenvalue weighted by Gasteiger charge is -2.06. The van der Waals surface area contributed by atoms with Crippen molar-refractivity contribution in [1.82, 2.24) is 10.2 Å². The molecule has 66 valence electrons. The van der Waals surface area contributed by atoms with E-state index in [1.807, 2.05) is 0 Å². The third-order valence-corrected chi connectivity index (χ3v) is 2.03. The Hall–Kier alpha value is -0.920. The third kappa shape index (κ3) is 1.81. The van der Waals surface area contributed by atoms with Crippen molar-refractivity contribution in [3.63, 3.8) is 0 Å². The molecule has 12 heavy (non-hydrogen) atoms. The van der Waals surface area contributed by atoms with Crippen molar-refractivity contribution in [2.24, 2.45) is 0 Å². The summed E-state index contributed by atoms with van der Waals surface area (Å²) < 4.78 is 0. The minimum atomic E-state index is 0.474. The maximum Gasteiger partial charge on any atom is 0.0659 e. The van der Waals surface area contributed by atoms with E-state index in [4.69, 9.17) is 0 Å². The van der Waals surface area contributed by atoms with Crippen LogP contribution in [0.3, 0.4) is 0 Å². The summed E-state index contributed by atoms with van der Waals surface area (Å²) in [6.45, 7) is 8.47. The molecule has 1 rings (SSSR count). The Morgan fingerprint density at radius 1 is 1.33 bits per heavy atom. The molecule has 2 heteroatoms. The molecule has 1 heterocycles. The Morgan fingerprint density at radius 3 is 2.42 bits per heavy atom. The first-order valence-corrected chi connectivity index (χ1v) is 4.48. The highest BCUT2D eigenvalue weighted by Gasteiger charge is 2.04. The first-order valence-electron chi connectivity index (χ1n) is 4.48. The molecule has 0 fully saturated rings. The van der Waals surface area contributed by atoms with E-state index in [0.29, 0.717) is 5.92 Å². The maximum atomic E-state index is 4.17. The molecule has 1 aromatic rings. The van der Waals surface area contributed by atoms with Crippen LogP contribution in [0, 0.1) is 6.92 Å². The maximum absolute atomic E-state index is 4.17. The summed E-state index contributed by atoms with van der Waals surface area (Å²) >= 11 is 0. The number of nitrogens with zero attached hydrogens (tertiary/aromatic N) is 2. The normalized spacial score (nSPS) is 10.8. The van der Waals surface area contributed by atoms with E-state index in [0.717, 1.165) is 17.8 Å². The predicted octanol–water partition coefficient (Wildman–Crippen LogP) is 2.47. The van der Waals surface area contributed by atoms with Gasteiger partial charge in [-0.1, -0.05) is 20.8 Å². The number of aryl methyl sites for hydroxylation is 2. The topological polar surface area (TPSA) is 25.8 Å². The van der Waals surface area contributed by atoms with Gasteiger partial charge in [-0.3, -0.25) is 0 Å². The van der Waals surface area contributed by atoms with Gasteiger partial charge in [-0.05, 0) is 30.9 Å². The van der Waals surface area contributed by atoms with Crippen molar-refractivity contribution in [2.75, 3.05) is 0 Å². The summed E-state index contributed by atoms with van der Waals surface area (Å²) in [6, 6.07) is 2.14. The minimum Gasteiger partial charge on any atom is -0.155 e. The third-order valence-electron chi connectivity index (χ3n) is 2.03. The molecule has 0 saturated carbocycles. The number of hydrogen-bond donors (Lipinski definition) is 0. The quantitative estimate of drug-likeness (QED) is 0.671. The zero-order valence-corrected chi connectivity index (χ0v) is 8.26. The van der Waals surface area contributed by atoms with Crippen molar-refractivity contribution in [1.29, 1.82) is 0 Å². The summed E-state index contributed by atoms with van der Waals surface area (Å²) in [5.74, 6) is 0.474. The highest BCUT2D eigenvalue weighted by Crippen LogP contribution is 2.13. The van der Waals surface area contributed by atoms with Crippen LogP contribution in [0.4, 0.5) is 0 Å². The second kappa shape index (κ2) is 3.65. The molecule has 0 aromatic carbocycles. The standard InChI is InChI=1S/C10H16N2/c1-5-9-8(4)6-10(7(2)3)12-11-9/h6-7H,5H2,1-4H3. The molecule has 0 amide bonds. The number of hydrogen-bond acceptors (Lipinski definition) is 2. The lowest BCUT2D eigenvalue weighted by molar-refractivity contribution is 0.762. The lowest BCUT2D eigenvalue weighted by atomic mass is 10.1. The van der Waals surface area contributed by atoms with Gasteiger partial charge >= 0.3 is 0 Å². The van der Waals surface area contributed by atoms with Gasteiger partial charge in [0.15, 0.2) is 0 Å². The van der Waals surface area contributed by atoms with E-state index in [1.165, 1.54) is 5.56 Å². The zero-order valence-electron chi connectivity index (χ0n) is 8.26. The molecular weight excluding hydrogens is 148 g/mol. The van der Waals surface area contributed by atoms with Crippen molar-refractivity contribution in [3.8, 4) is 0 Å². The Morgan fingerprint density at radius 2 is 2.00 bits per heavy atom. The van der Waals surface area contributed by atoms with Gasteiger partial charge in [-0.25, -0.2) is 0 Å². The molecule has 0 unspecified atom stereocenters. The van der Waals surface area contributed by atoms with Crippen molar-refractivity contribution >= 4 is 0 Å². The van der Waals surface area contributed by atoms with Gasteiger partial charge < -0.3 is 0 Å². The largest absolute Gasteiger partial charge is 0.155 e. The fourth-order valence-corrected chi connectivity index (χ4v) is 1.16. The van der Waals surface area contributed by atoms with Gasteiger partial charge in [-0.15, -0.1) is 0 Å². The van der Waals surface area contributed by atoms with Crippen LogP contribution in [0.15, 0.2) is 6.07 Å². The summed E-state index contributed by atoms with van der Waals surface area (Å²) in [5.41, 5.74) is 3.46. The fraction of sp³-hybridized carbons (Fsp3) is 0.600. The molecule has 0 atom stereocenters. The molecule has 0 aliphatic rings. The molecular formula is C10H16N2. The van der Waals surface area contributed by atoms with Crippen LogP contribution in [0.2, 0.25) is 0 Å². The zero-order chi connectivity index (χ0) is 9.14. The summed E-state index contributed by atoms with van der Waals surface area (Å²) in [5, 5.41) is 8.33. The van der Waals surface area contributed by atoms with Crippen LogP contribution in [0.5, 0.6) is 0 Å². The average Bonchev–Trinajstić information content (AvgIpc) is 2.04. The lowest BCUT2D eigenvalue weighted by Crippen LogP contribution is -2.01. The van der Waals surface area contributed by atoms with E-state index in [2.05, 4.69) is 44.0 Å². The molecule has 0 radical (unpaired) electrons. The second-order valence-electron chi connectivity index (χ2n) is 3.41. The summed E-state index contributed by atoms with van der Waals surface area (Å²) in [4.78, 5) is 0. The van der Waals surface area contributed by atoms with Gasteiger partial charge in [0.2, 0.25) is 0 Å². The molecule has 2 nitrogen and oxygen atoms in total. The molecule has 0 saturated heterocycles. The Bertz CT molecular complexity index is 267. The van der Waals surface area contributed by atoms with Crippen molar-refractivity contribution in [3.05, 3.63) is 23.0 Å². The summed E-state index contributed by atoms with van der Waals surface area (Å²) in [7, 11) is 0. The van der Waals surface area contributed by atoms with Crippen LogP contribution in [-0.4, -0.2) is 10.2 Å². The van der Waals surface area contributed by atoms with Gasteiger partial charge in [0.05, 0.1) is 11.4 Å². The Labute approximate surface area is 74.0 Å². The number of rotatable bonds is 2. The predicted molar refractivity (Wildman–Crippen MR) is 50.2 cm³/mol. The van der Waals surface area contributed by atoms with Crippen LogP contribution in [0.1, 0.15) is 43.6 Å². The van der Waals surface area contributed by atoms with Crippen LogP contribution >= 0.6 is 0 Å².